The first-order valence-electron chi connectivity index (χ1n) is 9.64. The molecule has 7 heteroatoms. The Morgan fingerprint density at radius 3 is 2.29 bits per heavy atom. The minimum Gasteiger partial charge on any atom is -0.339 e. The molecule has 0 aliphatic carbocycles. The van der Waals surface area contributed by atoms with Crippen molar-refractivity contribution in [2.75, 3.05) is 37.6 Å². The van der Waals surface area contributed by atoms with Crippen molar-refractivity contribution < 1.29 is 9.59 Å². The third-order valence-electron chi connectivity index (χ3n) is 5.00. The number of hydrogen-bond donors (Lipinski definition) is 0. The highest BCUT2D eigenvalue weighted by Crippen LogP contribution is 2.12. The first-order valence-corrected chi connectivity index (χ1v) is 9.64. The van der Waals surface area contributed by atoms with Gasteiger partial charge in [0.15, 0.2) is 0 Å². The summed E-state index contributed by atoms with van der Waals surface area (Å²) < 4.78 is 0. The fourth-order valence-electron chi connectivity index (χ4n) is 3.26. The summed E-state index contributed by atoms with van der Waals surface area (Å²) in [6.45, 7) is 7.29. The van der Waals surface area contributed by atoms with Gasteiger partial charge in [-0.05, 0) is 18.6 Å². The minimum absolute atomic E-state index is 0.0144. The van der Waals surface area contributed by atoms with Gasteiger partial charge in [-0.15, -0.1) is 0 Å². The monoisotopic (exact) mass is 381 g/mol. The van der Waals surface area contributed by atoms with Crippen molar-refractivity contribution in [3.63, 3.8) is 0 Å². The van der Waals surface area contributed by atoms with Crippen LogP contribution in [0.1, 0.15) is 24.5 Å². The zero-order valence-corrected chi connectivity index (χ0v) is 16.5. The second-order valence-corrected chi connectivity index (χ2v) is 7.09. The van der Waals surface area contributed by atoms with Gasteiger partial charge in [0, 0.05) is 65.0 Å². The van der Waals surface area contributed by atoms with Crippen LogP contribution in [0.4, 0.5) is 5.95 Å². The molecule has 0 saturated carbocycles. The lowest BCUT2D eigenvalue weighted by Crippen LogP contribution is -2.49. The molecule has 2 aromatic rings. The SMILES string of the molecule is CC(=O)N(CCC(=O)N1CCN(c2ncccn2)CC1)Cc1ccc(C)cc1. The van der Waals surface area contributed by atoms with Gasteiger partial charge >= 0.3 is 0 Å². The van der Waals surface area contributed by atoms with Gasteiger partial charge in [-0.2, -0.15) is 0 Å². The maximum absolute atomic E-state index is 12.6. The van der Waals surface area contributed by atoms with Gasteiger partial charge in [0.05, 0.1) is 0 Å². The van der Waals surface area contributed by atoms with Crippen LogP contribution in [0.3, 0.4) is 0 Å². The number of amides is 2. The zero-order valence-electron chi connectivity index (χ0n) is 16.5. The normalized spacial score (nSPS) is 14.1. The molecule has 28 heavy (non-hydrogen) atoms. The number of aryl methyl sites for hydroxylation is 1. The Morgan fingerprint density at radius 2 is 1.68 bits per heavy atom. The van der Waals surface area contributed by atoms with Gasteiger partial charge in [-0.3, -0.25) is 9.59 Å². The molecular formula is C21H27N5O2. The number of carbonyl (C=O) groups excluding carboxylic acids is 2. The molecule has 148 valence electrons. The molecule has 1 saturated heterocycles. The number of hydrogen-bond acceptors (Lipinski definition) is 5. The third kappa shape index (κ3) is 5.28. The fraction of sp³-hybridized carbons (Fsp3) is 0.429. The van der Waals surface area contributed by atoms with Crippen molar-refractivity contribution in [2.45, 2.75) is 26.8 Å². The lowest BCUT2D eigenvalue weighted by atomic mass is 10.1. The summed E-state index contributed by atoms with van der Waals surface area (Å²) in [6.07, 6.45) is 3.79. The molecule has 0 radical (unpaired) electrons. The Balaban J connectivity index is 1.48. The summed E-state index contributed by atoms with van der Waals surface area (Å²) in [4.78, 5) is 38.8. The van der Waals surface area contributed by atoms with Crippen molar-refractivity contribution >= 4 is 17.8 Å². The number of nitrogens with zero attached hydrogens (tertiary/aromatic N) is 5. The molecule has 1 fully saturated rings. The summed E-state index contributed by atoms with van der Waals surface area (Å²) in [5.74, 6) is 0.777. The first kappa shape index (κ1) is 19.8. The molecule has 1 aliphatic rings. The molecule has 0 N–H and O–H groups in total. The van der Waals surface area contributed by atoms with Crippen LogP contribution in [0.25, 0.3) is 0 Å². The van der Waals surface area contributed by atoms with E-state index in [-0.39, 0.29) is 11.8 Å². The van der Waals surface area contributed by atoms with E-state index >= 15 is 0 Å². The predicted octanol–water partition coefficient (Wildman–Crippen LogP) is 1.87. The van der Waals surface area contributed by atoms with Crippen LogP contribution >= 0.6 is 0 Å². The molecular weight excluding hydrogens is 354 g/mol. The minimum atomic E-state index is -0.0144. The van der Waals surface area contributed by atoms with Crippen molar-refractivity contribution in [1.29, 1.82) is 0 Å². The number of piperazine rings is 1. The smallest absolute Gasteiger partial charge is 0.225 e. The average molecular weight is 381 g/mol. The number of carbonyl (C=O) groups is 2. The molecule has 2 amide bonds. The zero-order chi connectivity index (χ0) is 19.9. The molecule has 1 aromatic carbocycles. The van der Waals surface area contributed by atoms with Gasteiger partial charge in [0.2, 0.25) is 17.8 Å². The Kier molecular flexibility index (Phi) is 6.57. The van der Waals surface area contributed by atoms with Crippen LogP contribution < -0.4 is 4.90 Å². The van der Waals surface area contributed by atoms with Gasteiger partial charge in [-0.1, -0.05) is 29.8 Å². The average Bonchev–Trinajstić information content (AvgIpc) is 2.73. The highest BCUT2D eigenvalue weighted by molar-refractivity contribution is 5.78. The summed E-state index contributed by atoms with van der Waals surface area (Å²) in [7, 11) is 0. The van der Waals surface area contributed by atoms with Crippen LogP contribution in [-0.2, 0) is 16.1 Å². The number of anilines is 1. The molecule has 0 atom stereocenters. The summed E-state index contributed by atoms with van der Waals surface area (Å²) >= 11 is 0. The van der Waals surface area contributed by atoms with E-state index in [0.717, 1.165) is 18.7 Å². The summed E-state index contributed by atoms with van der Waals surface area (Å²) in [6, 6.07) is 9.92. The second kappa shape index (κ2) is 9.30. The number of aromatic nitrogens is 2. The van der Waals surface area contributed by atoms with Gasteiger partial charge in [0.25, 0.3) is 0 Å². The standard InChI is InChI=1S/C21H27N5O2/c1-17-4-6-19(7-5-17)16-26(18(2)27)11-8-20(28)24-12-14-25(15-13-24)21-22-9-3-10-23-21/h3-7,9-10H,8,11-16H2,1-2H3. The number of benzene rings is 1. The number of rotatable bonds is 6. The predicted molar refractivity (Wildman–Crippen MR) is 108 cm³/mol. The Morgan fingerprint density at radius 1 is 1.04 bits per heavy atom. The van der Waals surface area contributed by atoms with E-state index in [1.165, 1.54) is 5.56 Å². The molecule has 0 unspecified atom stereocenters. The molecule has 0 spiro atoms. The third-order valence-corrected chi connectivity index (χ3v) is 5.00. The molecule has 2 heterocycles. The largest absolute Gasteiger partial charge is 0.339 e. The van der Waals surface area contributed by atoms with Gasteiger partial charge in [0.1, 0.15) is 0 Å². The van der Waals surface area contributed by atoms with Crippen LogP contribution in [0.15, 0.2) is 42.7 Å². The van der Waals surface area contributed by atoms with Crippen molar-refractivity contribution in [1.82, 2.24) is 19.8 Å². The topological polar surface area (TPSA) is 69.6 Å². The molecule has 1 aliphatic heterocycles. The van der Waals surface area contributed by atoms with E-state index in [4.69, 9.17) is 0 Å². The maximum atomic E-state index is 12.6. The molecule has 7 nitrogen and oxygen atoms in total. The van der Waals surface area contributed by atoms with Crippen molar-refractivity contribution in [3.05, 3.63) is 53.9 Å². The molecule has 3 rings (SSSR count). The first-order chi connectivity index (χ1) is 13.5. The summed E-state index contributed by atoms with van der Waals surface area (Å²) in [5.41, 5.74) is 2.26. The quantitative estimate of drug-likeness (QED) is 0.764. The van der Waals surface area contributed by atoms with Crippen LogP contribution in [0.2, 0.25) is 0 Å². The lowest BCUT2D eigenvalue weighted by molar-refractivity contribution is -0.134. The Bertz CT molecular complexity index is 786. The van der Waals surface area contributed by atoms with E-state index in [9.17, 15) is 9.59 Å². The van der Waals surface area contributed by atoms with E-state index in [1.807, 2.05) is 36.1 Å². The lowest BCUT2D eigenvalue weighted by Gasteiger charge is -2.35. The Labute approximate surface area is 166 Å². The highest BCUT2D eigenvalue weighted by Gasteiger charge is 2.23. The molecule has 0 bridgehead atoms. The van der Waals surface area contributed by atoms with E-state index in [1.54, 1.807) is 30.3 Å². The highest BCUT2D eigenvalue weighted by atomic mass is 16.2. The second-order valence-electron chi connectivity index (χ2n) is 7.09. The van der Waals surface area contributed by atoms with Crippen LogP contribution in [0.5, 0.6) is 0 Å². The van der Waals surface area contributed by atoms with Crippen molar-refractivity contribution in [3.8, 4) is 0 Å². The van der Waals surface area contributed by atoms with E-state index < -0.39 is 0 Å². The Hall–Kier alpha value is -2.96. The van der Waals surface area contributed by atoms with Gasteiger partial charge < -0.3 is 14.7 Å². The fourth-order valence-corrected chi connectivity index (χ4v) is 3.26. The van der Waals surface area contributed by atoms with Crippen LogP contribution in [0, 0.1) is 6.92 Å². The molecule has 1 aromatic heterocycles. The van der Waals surface area contributed by atoms with Crippen LogP contribution in [-0.4, -0.2) is 64.3 Å². The maximum Gasteiger partial charge on any atom is 0.225 e. The van der Waals surface area contributed by atoms with E-state index in [0.29, 0.717) is 38.5 Å². The van der Waals surface area contributed by atoms with Crippen molar-refractivity contribution in [2.24, 2.45) is 0 Å². The van der Waals surface area contributed by atoms with E-state index in [2.05, 4.69) is 14.9 Å². The van der Waals surface area contributed by atoms with Gasteiger partial charge in [-0.25, -0.2) is 9.97 Å². The summed E-state index contributed by atoms with van der Waals surface area (Å²) in [5, 5.41) is 0.